The first-order valence-corrected chi connectivity index (χ1v) is 7.81. The number of ketones is 1. The van der Waals surface area contributed by atoms with Crippen molar-refractivity contribution in [2.24, 2.45) is 0 Å². The second-order valence-corrected chi connectivity index (χ2v) is 5.42. The molecule has 0 saturated carbocycles. The number of methoxy groups -OCH3 is 1. The van der Waals surface area contributed by atoms with Gasteiger partial charge in [-0.25, -0.2) is 0 Å². The Morgan fingerprint density at radius 3 is 2.16 bits per heavy atom. The van der Waals surface area contributed by atoms with E-state index in [1.165, 1.54) is 6.92 Å². The predicted octanol–water partition coefficient (Wildman–Crippen LogP) is 2.52. The first-order valence-electron chi connectivity index (χ1n) is 7.81. The number of benzene rings is 2. The minimum atomic E-state index is -0.313. The molecule has 2 N–H and O–H groups in total. The molecule has 0 aliphatic carbocycles. The molecule has 0 aromatic heterocycles. The van der Waals surface area contributed by atoms with Crippen LogP contribution in [0.1, 0.15) is 38.0 Å². The van der Waals surface area contributed by atoms with E-state index < -0.39 is 0 Å². The number of ether oxygens (including phenoxy) is 1. The molecule has 6 nitrogen and oxygen atoms in total. The van der Waals surface area contributed by atoms with Crippen molar-refractivity contribution in [2.75, 3.05) is 25.6 Å². The number of hydrogen-bond donors (Lipinski definition) is 2. The van der Waals surface area contributed by atoms with Gasteiger partial charge in [0.15, 0.2) is 5.78 Å². The van der Waals surface area contributed by atoms with Crippen LogP contribution in [0.3, 0.4) is 0 Å². The lowest BCUT2D eigenvalue weighted by Gasteiger charge is -2.08. The van der Waals surface area contributed by atoms with Gasteiger partial charge in [-0.15, -0.1) is 0 Å². The number of carbonyl (C=O) groups excluding carboxylic acids is 3. The molecule has 0 spiro atoms. The van der Waals surface area contributed by atoms with Gasteiger partial charge in [0.2, 0.25) is 0 Å². The van der Waals surface area contributed by atoms with Gasteiger partial charge in [0, 0.05) is 36.0 Å². The summed E-state index contributed by atoms with van der Waals surface area (Å²) in [6, 6.07) is 13.1. The number of hydrogen-bond acceptors (Lipinski definition) is 4. The molecule has 0 radical (unpaired) electrons. The Bertz CT molecular complexity index is 769. The number of amides is 2. The van der Waals surface area contributed by atoms with Gasteiger partial charge in [0.05, 0.1) is 6.61 Å². The summed E-state index contributed by atoms with van der Waals surface area (Å²) in [6.45, 7) is 2.33. The predicted molar refractivity (Wildman–Crippen MR) is 95.1 cm³/mol. The molecule has 2 amide bonds. The summed E-state index contributed by atoms with van der Waals surface area (Å²) in [7, 11) is 1.56. The number of anilines is 1. The molecule has 0 bridgehead atoms. The molecule has 0 aliphatic rings. The normalized spacial score (nSPS) is 10.2. The van der Waals surface area contributed by atoms with Crippen molar-refractivity contribution in [1.29, 1.82) is 0 Å². The fourth-order valence-corrected chi connectivity index (χ4v) is 2.16. The molecular formula is C19H20N2O4. The van der Waals surface area contributed by atoms with Crippen molar-refractivity contribution in [3.05, 3.63) is 65.2 Å². The third-order valence-electron chi connectivity index (χ3n) is 3.53. The van der Waals surface area contributed by atoms with Crippen molar-refractivity contribution in [2.45, 2.75) is 6.92 Å². The van der Waals surface area contributed by atoms with E-state index in [4.69, 9.17) is 4.74 Å². The fourth-order valence-electron chi connectivity index (χ4n) is 2.16. The molecule has 0 aliphatic heterocycles. The third-order valence-corrected chi connectivity index (χ3v) is 3.53. The monoisotopic (exact) mass is 340 g/mol. The van der Waals surface area contributed by atoms with Crippen LogP contribution >= 0.6 is 0 Å². The standard InChI is InChI=1S/C19H20N2O4/c1-13(22)16-4-3-5-17(12-16)21-19(24)15-8-6-14(7-9-15)18(23)20-10-11-25-2/h3-9,12H,10-11H2,1-2H3,(H,20,23)(H,21,24). The number of Topliss-reactive ketones (excluding diaryl/α,β-unsaturated/α-hetero) is 1. The summed E-state index contributed by atoms with van der Waals surface area (Å²) >= 11 is 0. The molecular weight excluding hydrogens is 320 g/mol. The van der Waals surface area contributed by atoms with Crippen molar-refractivity contribution in [1.82, 2.24) is 5.32 Å². The molecule has 0 heterocycles. The maximum Gasteiger partial charge on any atom is 0.255 e. The van der Waals surface area contributed by atoms with Gasteiger partial charge in [0.1, 0.15) is 0 Å². The molecule has 2 aromatic rings. The molecule has 0 atom stereocenters. The Kier molecular flexibility index (Phi) is 6.42. The van der Waals surface area contributed by atoms with Crippen molar-refractivity contribution in [3.63, 3.8) is 0 Å². The SMILES string of the molecule is COCCNC(=O)c1ccc(C(=O)Nc2cccc(C(C)=O)c2)cc1. The Labute approximate surface area is 146 Å². The molecule has 130 valence electrons. The maximum absolute atomic E-state index is 12.3. The minimum absolute atomic E-state index is 0.0695. The average molecular weight is 340 g/mol. The zero-order chi connectivity index (χ0) is 18.2. The summed E-state index contributed by atoms with van der Waals surface area (Å²) in [4.78, 5) is 35.6. The molecule has 2 aromatic carbocycles. The summed E-state index contributed by atoms with van der Waals surface area (Å²) in [6.07, 6.45) is 0. The Hall–Kier alpha value is -2.99. The average Bonchev–Trinajstić information content (AvgIpc) is 2.62. The van der Waals surface area contributed by atoms with E-state index in [-0.39, 0.29) is 17.6 Å². The van der Waals surface area contributed by atoms with Gasteiger partial charge in [-0.2, -0.15) is 0 Å². The summed E-state index contributed by atoms with van der Waals surface area (Å²) in [5.74, 6) is -0.606. The van der Waals surface area contributed by atoms with Crippen LogP contribution in [0.15, 0.2) is 48.5 Å². The quantitative estimate of drug-likeness (QED) is 0.599. The molecule has 0 unspecified atom stereocenters. The topological polar surface area (TPSA) is 84.5 Å². The van der Waals surface area contributed by atoms with Gasteiger partial charge in [-0.05, 0) is 43.3 Å². The van der Waals surface area contributed by atoms with Crippen molar-refractivity contribution in [3.8, 4) is 0 Å². The molecule has 2 rings (SSSR count). The van der Waals surface area contributed by atoms with E-state index in [1.807, 2.05) is 0 Å². The lowest BCUT2D eigenvalue weighted by Crippen LogP contribution is -2.26. The highest BCUT2D eigenvalue weighted by Crippen LogP contribution is 2.13. The highest BCUT2D eigenvalue weighted by molar-refractivity contribution is 6.05. The van der Waals surface area contributed by atoms with Gasteiger partial charge in [-0.1, -0.05) is 12.1 Å². The number of nitrogens with one attached hydrogen (secondary N) is 2. The number of carbonyl (C=O) groups is 3. The van der Waals surface area contributed by atoms with E-state index in [9.17, 15) is 14.4 Å². The van der Waals surface area contributed by atoms with E-state index in [1.54, 1.807) is 55.6 Å². The van der Waals surface area contributed by atoms with Gasteiger partial charge in [0.25, 0.3) is 11.8 Å². The van der Waals surface area contributed by atoms with E-state index >= 15 is 0 Å². The van der Waals surface area contributed by atoms with E-state index in [2.05, 4.69) is 10.6 Å². The van der Waals surface area contributed by atoms with Crippen LogP contribution in [0.5, 0.6) is 0 Å². The largest absolute Gasteiger partial charge is 0.383 e. The van der Waals surface area contributed by atoms with Crippen molar-refractivity contribution >= 4 is 23.3 Å². The van der Waals surface area contributed by atoms with Crippen LogP contribution in [0.4, 0.5) is 5.69 Å². The van der Waals surface area contributed by atoms with Gasteiger partial charge in [-0.3, -0.25) is 14.4 Å². The first kappa shape index (κ1) is 18.4. The summed E-state index contributed by atoms with van der Waals surface area (Å²) in [5, 5.41) is 5.44. The highest BCUT2D eigenvalue weighted by Gasteiger charge is 2.10. The van der Waals surface area contributed by atoms with Crippen LogP contribution in [-0.2, 0) is 4.74 Å². The van der Waals surface area contributed by atoms with E-state index in [0.717, 1.165) is 0 Å². The fraction of sp³-hybridized carbons (Fsp3) is 0.211. The lowest BCUT2D eigenvalue weighted by atomic mass is 10.1. The van der Waals surface area contributed by atoms with E-state index in [0.29, 0.717) is 35.5 Å². The van der Waals surface area contributed by atoms with Gasteiger partial charge < -0.3 is 15.4 Å². The molecule has 6 heteroatoms. The zero-order valence-corrected chi connectivity index (χ0v) is 14.2. The second-order valence-electron chi connectivity index (χ2n) is 5.42. The Balaban J connectivity index is 2.01. The Morgan fingerprint density at radius 2 is 1.56 bits per heavy atom. The zero-order valence-electron chi connectivity index (χ0n) is 14.2. The highest BCUT2D eigenvalue weighted by atomic mass is 16.5. The van der Waals surface area contributed by atoms with Crippen LogP contribution in [0.25, 0.3) is 0 Å². The minimum Gasteiger partial charge on any atom is -0.383 e. The summed E-state index contributed by atoms with van der Waals surface area (Å²) < 4.78 is 4.87. The van der Waals surface area contributed by atoms with Crippen LogP contribution in [-0.4, -0.2) is 37.9 Å². The first-order chi connectivity index (χ1) is 12.0. The smallest absolute Gasteiger partial charge is 0.255 e. The molecule has 0 saturated heterocycles. The van der Waals surface area contributed by atoms with Crippen molar-refractivity contribution < 1.29 is 19.1 Å². The van der Waals surface area contributed by atoms with Gasteiger partial charge >= 0.3 is 0 Å². The third kappa shape index (κ3) is 5.26. The number of rotatable bonds is 7. The Morgan fingerprint density at radius 1 is 0.920 bits per heavy atom. The maximum atomic E-state index is 12.3. The van der Waals surface area contributed by atoms with Crippen LogP contribution in [0, 0.1) is 0 Å². The molecule has 0 fully saturated rings. The lowest BCUT2D eigenvalue weighted by molar-refractivity contribution is 0.0935. The molecule has 25 heavy (non-hydrogen) atoms. The summed E-state index contributed by atoms with van der Waals surface area (Å²) in [5.41, 5.74) is 1.95. The van der Waals surface area contributed by atoms with Crippen LogP contribution in [0.2, 0.25) is 0 Å². The van der Waals surface area contributed by atoms with Crippen LogP contribution < -0.4 is 10.6 Å². The second kappa shape index (κ2) is 8.75.